The molecule has 0 spiro atoms. The average Bonchev–Trinajstić information content (AvgIpc) is 3.88. The molecular weight excluding hydrogens is 561 g/mol. The van der Waals surface area contributed by atoms with Crippen LogP contribution in [0.1, 0.15) is 46.7 Å². The first-order chi connectivity index (χ1) is 21.3. The van der Waals surface area contributed by atoms with Crippen molar-refractivity contribution < 1.29 is 14.3 Å². The van der Waals surface area contributed by atoms with Gasteiger partial charge in [0.05, 0.1) is 23.5 Å². The molecule has 0 atom stereocenters. The number of halogens is 1. The molecule has 0 aliphatic heterocycles. The van der Waals surface area contributed by atoms with Crippen LogP contribution in [0, 0.1) is 5.82 Å². The zero-order valence-electron chi connectivity index (χ0n) is 24.1. The second-order valence-corrected chi connectivity index (χ2v) is 11.0. The van der Waals surface area contributed by atoms with Crippen molar-refractivity contribution in [2.24, 2.45) is 7.05 Å². The third kappa shape index (κ3) is 5.59. The highest BCUT2D eigenvalue weighted by atomic mass is 19.1. The van der Waals surface area contributed by atoms with Crippen LogP contribution in [0.5, 0.6) is 0 Å². The van der Waals surface area contributed by atoms with Crippen LogP contribution in [0.3, 0.4) is 0 Å². The highest BCUT2D eigenvalue weighted by Crippen LogP contribution is 2.41. The molecule has 5 aromatic rings. The van der Waals surface area contributed by atoms with E-state index < -0.39 is 18.0 Å². The number of fused-ring (bicyclic) bond motifs is 1. The van der Waals surface area contributed by atoms with Crippen LogP contribution in [0.4, 0.5) is 4.39 Å². The van der Waals surface area contributed by atoms with Gasteiger partial charge in [0, 0.05) is 37.3 Å². The van der Waals surface area contributed by atoms with Gasteiger partial charge in [-0.15, -0.1) is 0 Å². The quantitative estimate of drug-likeness (QED) is 0.250. The summed E-state index contributed by atoms with van der Waals surface area (Å²) in [5.41, 5.74) is 3.89. The van der Waals surface area contributed by atoms with Gasteiger partial charge in [0.1, 0.15) is 23.2 Å². The van der Waals surface area contributed by atoms with E-state index in [-0.39, 0.29) is 29.0 Å². The predicted octanol–water partition coefficient (Wildman–Crippen LogP) is 4.05. The molecule has 1 amide bonds. The molecule has 10 heteroatoms. The molecule has 0 unspecified atom stereocenters. The summed E-state index contributed by atoms with van der Waals surface area (Å²) in [5, 5.41) is 13.1. The Bertz CT molecular complexity index is 2060. The van der Waals surface area contributed by atoms with Gasteiger partial charge in [-0.3, -0.25) is 19.0 Å². The molecule has 44 heavy (non-hydrogen) atoms. The van der Waals surface area contributed by atoms with Crippen LogP contribution in [-0.4, -0.2) is 30.1 Å². The second kappa shape index (κ2) is 11.8. The lowest BCUT2D eigenvalue weighted by Crippen LogP contribution is -2.24. The number of hydrogen-bond donors (Lipinski definition) is 2. The Morgan fingerprint density at radius 3 is 2.64 bits per heavy atom. The normalized spacial score (nSPS) is 12.8. The highest BCUT2D eigenvalue weighted by molar-refractivity contribution is 5.86. The zero-order chi connectivity index (χ0) is 31.0. The van der Waals surface area contributed by atoms with Gasteiger partial charge in [-0.25, -0.2) is 14.4 Å². The molecule has 3 aromatic carbocycles. The number of aromatic nitrogens is 4. The van der Waals surface area contributed by atoms with Gasteiger partial charge in [0.15, 0.2) is 0 Å². The number of carbonyl (C=O) groups excluding carboxylic acids is 1. The molecule has 0 radical (unpaired) electrons. The minimum Gasteiger partial charge on any atom is -0.392 e. The molecule has 2 N–H and O–H groups in total. The standard InChI is InChI=1S/C34H30FN5O4/c1-3-31(42)36-16-21-7-4-6-20(12-21)13-28-33(43)39(2)17-29(38-28)24-8-5-9-30(25(24)18-41)40-19-37-27-15-23(22-10-11-22)14-26(35)32(27)34(40)44/h3-9,12,14-15,17,19,22,41H,1,10-11,13,16,18H2,2H3,(H,36,42). The molecular formula is C34H30FN5O4. The van der Waals surface area contributed by atoms with Gasteiger partial charge in [0.25, 0.3) is 11.1 Å². The van der Waals surface area contributed by atoms with Gasteiger partial charge in [-0.05, 0) is 59.7 Å². The summed E-state index contributed by atoms with van der Waals surface area (Å²) in [7, 11) is 1.62. The Labute approximate surface area is 252 Å². The van der Waals surface area contributed by atoms with Crippen molar-refractivity contribution in [2.45, 2.75) is 38.3 Å². The Morgan fingerprint density at radius 2 is 1.89 bits per heavy atom. The molecule has 6 rings (SSSR count). The Kier molecular flexibility index (Phi) is 7.75. The molecule has 2 aromatic heterocycles. The smallest absolute Gasteiger partial charge is 0.272 e. The van der Waals surface area contributed by atoms with E-state index in [1.54, 1.807) is 37.5 Å². The van der Waals surface area contributed by atoms with Crippen LogP contribution < -0.4 is 16.4 Å². The molecule has 9 nitrogen and oxygen atoms in total. The Morgan fingerprint density at radius 1 is 1.11 bits per heavy atom. The zero-order valence-corrected chi connectivity index (χ0v) is 24.1. The van der Waals surface area contributed by atoms with Crippen molar-refractivity contribution in [2.75, 3.05) is 0 Å². The molecule has 1 aliphatic carbocycles. The van der Waals surface area contributed by atoms with Crippen LogP contribution in [0.2, 0.25) is 0 Å². The average molecular weight is 592 g/mol. The van der Waals surface area contributed by atoms with Crippen LogP contribution >= 0.6 is 0 Å². The monoisotopic (exact) mass is 591 g/mol. The molecule has 1 aliphatic rings. The minimum absolute atomic E-state index is 0.111. The molecule has 2 heterocycles. The maximum Gasteiger partial charge on any atom is 0.272 e. The van der Waals surface area contributed by atoms with Gasteiger partial charge >= 0.3 is 0 Å². The predicted molar refractivity (Wildman–Crippen MR) is 165 cm³/mol. The number of aliphatic hydroxyl groups excluding tert-OH is 1. The summed E-state index contributed by atoms with van der Waals surface area (Å²) in [4.78, 5) is 47.3. The molecule has 1 saturated carbocycles. The van der Waals surface area contributed by atoms with Crippen molar-refractivity contribution in [3.63, 3.8) is 0 Å². The lowest BCUT2D eigenvalue weighted by molar-refractivity contribution is -0.116. The number of nitrogens with zero attached hydrogens (tertiary/aromatic N) is 4. The van der Waals surface area contributed by atoms with Gasteiger partial charge < -0.3 is 15.0 Å². The Balaban J connectivity index is 1.39. The van der Waals surface area contributed by atoms with E-state index in [9.17, 15) is 19.5 Å². The number of amides is 1. The summed E-state index contributed by atoms with van der Waals surface area (Å²) in [6.45, 7) is 3.32. The van der Waals surface area contributed by atoms with E-state index in [0.717, 1.165) is 29.5 Å². The van der Waals surface area contributed by atoms with Gasteiger partial charge in [0.2, 0.25) is 5.91 Å². The first-order valence-corrected chi connectivity index (χ1v) is 14.3. The van der Waals surface area contributed by atoms with E-state index in [2.05, 4.69) is 21.9 Å². The third-order valence-corrected chi connectivity index (χ3v) is 7.88. The van der Waals surface area contributed by atoms with Gasteiger partial charge in [-0.2, -0.15) is 0 Å². The maximum atomic E-state index is 15.2. The molecule has 222 valence electrons. The number of rotatable bonds is 9. The molecule has 1 fully saturated rings. The third-order valence-electron chi connectivity index (χ3n) is 7.88. The number of benzene rings is 3. The van der Waals surface area contributed by atoms with Crippen LogP contribution in [0.25, 0.3) is 27.8 Å². The van der Waals surface area contributed by atoms with Crippen LogP contribution in [-0.2, 0) is 31.4 Å². The summed E-state index contributed by atoms with van der Waals surface area (Å²) in [5.74, 6) is -0.589. The molecule has 0 bridgehead atoms. The van der Waals surface area contributed by atoms with Crippen molar-refractivity contribution in [1.82, 2.24) is 24.4 Å². The van der Waals surface area contributed by atoms with E-state index in [4.69, 9.17) is 0 Å². The lowest BCUT2D eigenvalue weighted by atomic mass is 10.0. The number of aliphatic hydroxyl groups is 1. The van der Waals surface area contributed by atoms with Crippen molar-refractivity contribution in [3.05, 3.63) is 134 Å². The topological polar surface area (TPSA) is 119 Å². The fourth-order valence-corrected chi connectivity index (χ4v) is 5.47. The summed E-state index contributed by atoms with van der Waals surface area (Å²) >= 11 is 0. The highest BCUT2D eigenvalue weighted by Gasteiger charge is 2.26. The summed E-state index contributed by atoms with van der Waals surface area (Å²) in [6.07, 6.45) is 6.35. The first-order valence-electron chi connectivity index (χ1n) is 14.3. The summed E-state index contributed by atoms with van der Waals surface area (Å²) in [6, 6.07) is 15.8. The fourth-order valence-electron chi connectivity index (χ4n) is 5.47. The van der Waals surface area contributed by atoms with E-state index in [1.807, 2.05) is 24.3 Å². The number of nitrogens with one attached hydrogen (secondary N) is 1. The number of carbonyl (C=O) groups is 1. The van der Waals surface area contributed by atoms with Crippen LogP contribution in [0.15, 0.2) is 89.4 Å². The van der Waals surface area contributed by atoms with E-state index in [1.165, 1.54) is 27.6 Å². The van der Waals surface area contributed by atoms with Gasteiger partial charge in [-0.1, -0.05) is 43.0 Å². The van der Waals surface area contributed by atoms with Crippen molar-refractivity contribution >= 4 is 16.8 Å². The first kappa shape index (κ1) is 28.9. The number of hydrogen-bond acceptors (Lipinski definition) is 6. The fraction of sp³-hybridized carbons (Fsp3) is 0.206. The Hall–Kier alpha value is -5.22. The van der Waals surface area contributed by atoms with Crippen molar-refractivity contribution in [3.8, 4) is 16.9 Å². The minimum atomic E-state index is -0.616. The SMILES string of the molecule is C=CC(=O)NCc1cccc(Cc2nc(-c3cccc(-n4cnc5cc(C6CC6)cc(F)c5c4=O)c3CO)cn(C)c2=O)c1. The lowest BCUT2D eigenvalue weighted by Gasteiger charge is -2.16. The largest absolute Gasteiger partial charge is 0.392 e. The summed E-state index contributed by atoms with van der Waals surface area (Å²) < 4.78 is 17.8. The van der Waals surface area contributed by atoms with E-state index >= 15 is 4.39 Å². The van der Waals surface area contributed by atoms with Crippen molar-refractivity contribution in [1.29, 1.82) is 0 Å². The molecule has 0 saturated heterocycles. The number of aryl methyl sites for hydroxylation is 1. The maximum absolute atomic E-state index is 15.2. The van der Waals surface area contributed by atoms with E-state index in [0.29, 0.717) is 40.5 Å². The second-order valence-electron chi connectivity index (χ2n) is 11.0.